The Hall–Kier alpha value is -1.12. The number of methoxy groups -OCH3 is 1. The number of carbonyl (C=O) groups is 2. The van der Waals surface area contributed by atoms with Gasteiger partial charge in [-0.15, -0.1) is 0 Å². The third-order valence-electron chi connectivity index (χ3n) is 2.83. The van der Waals surface area contributed by atoms with Crippen LogP contribution in [0.2, 0.25) is 0 Å². The van der Waals surface area contributed by atoms with E-state index in [1.165, 1.54) is 0 Å². The third-order valence-corrected chi connectivity index (χ3v) is 4.10. The second kappa shape index (κ2) is 6.55. The highest BCUT2D eigenvalue weighted by molar-refractivity contribution is 9.11. The average molecular weight is 407 g/mol. The van der Waals surface area contributed by atoms with Crippen molar-refractivity contribution in [2.45, 2.75) is 6.04 Å². The lowest BCUT2D eigenvalue weighted by Gasteiger charge is -2.23. The monoisotopic (exact) mass is 405 g/mol. The van der Waals surface area contributed by atoms with E-state index in [9.17, 15) is 9.59 Å². The molecule has 2 rings (SSSR count). The van der Waals surface area contributed by atoms with Gasteiger partial charge in [0, 0.05) is 17.1 Å². The zero-order valence-corrected chi connectivity index (χ0v) is 13.8. The fourth-order valence-electron chi connectivity index (χ4n) is 1.75. The van der Waals surface area contributed by atoms with Crippen molar-refractivity contribution in [3.63, 3.8) is 0 Å². The number of ether oxygens (including phenoxy) is 1. The highest BCUT2D eigenvalue weighted by atomic mass is 79.9. The summed E-state index contributed by atoms with van der Waals surface area (Å²) in [5, 5.41) is 8.30. The van der Waals surface area contributed by atoms with Crippen molar-refractivity contribution in [1.82, 2.24) is 10.6 Å². The number of hydrogen-bond donors (Lipinski definition) is 3. The van der Waals surface area contributed by atoms with Crippen molar-refractivity contribution in [3.8, 4) is 5.75 Å². The van der Waals surface area contributed by atoms with E-state index < -0.39 is 6.04 Å². The van der Waals surface area contributed by atoms with Crippen molar-refractivity contribution >= 4 is 49.4 Å². The zero-order valence-electron chi connectivity index (χ0n) is 10.6. The minimum absolute atomic E-state index is 0.111. The van der Waals surface area contributed by atoms with Gasteiger partial charge >= 0.3 is 0 Å². The lowest BCUT2D eigenvalue weighted by atomic mass is 10.2. The molecule has 108 valence electrons. The predicted molar refractivity (Wildman–Crippen MR) is 81.8 cm³/mol. The summed E-state index contributed by atoms with van der Waals surface area (Å²) in [5.74, 6) is 0.295. The van der Waals surface area contributed by atoms with Crippen LogP contribution >= 0.6 is 31.9 Å². The molecule has 8 heteroatoms. The summed E-state index contributed by atoms with van der Waals surface area (Å²) in [5.41, 5.74) is 0.605. The Bertz CT molecular complexity index is 541. The van der Waals surface area contributed by atoms with E-state index in [0.717, 1.165) is 8.95 Å². The van der Waals surface area contributed by atoms with Crippen molar-refractivity contribution < 1.29 is 14.3 Å². The maximum Gasteiger partial charge on any atom is 0.243 e. The molecule has 0 saturated carbocycles. The van der Waals surface area contributed by atoms with Crippen LogP contribution in [0, 0.1) is 0 Å². The molecule has 1 saturated heterocycles. The summed E-state index contributed by atoms with van der Waals surface area (Å²) in [6.07, 6.45) is 0. The molecule has 1 aromatic rings. The summed E-state index contributed by atoms with van der Waals surface area (Å²) >= 11 is 6.75. The first-order chi connectivity index (χ1) is 9.51. The fraction of sp³-hybridized carbons (Fsp3) is 0.333. The van der Waals surface area contributed by atoms with Crippen LogP contribution in [0.3, 0.4) is 0 Å². The van der Waals surface area contributed by atoms with Gasteiger partial charge in [-0.05, 0) is 37.9 Å². The van der Waals surface area contributed by atoms with Gasteiger partial charge in [0.2, 0.25) is 11.8 Å². The first-order valence-electron chi connectivity index (χ1n) is 5.85. The highest BCUT2D eigenvalue weighted by Gasteiger charge is 2.24. The summed E-state index contributed by atoms with van der Waals surface area (Å²) in [6.45, 7) is 0.416. The van der Waals surface area contributed by atoms with E-state index in [0.29, 0.717) is 11.4 Å². The number of nitrogens with one attached hydrogen (secondary N) is 3. The van der Waals surface area contributed by atoms with Crippen LogP contribution < -0.4 is 20.7 Å². The molecular weight excluding hydrogens is 394 g/mol. The van der Waals surface area contributed by atoms with E-state index in [1.54, 1.807) is 19.2 Å². The number of halogens is 2. The summed E-state index contributed by atoms with van der Waals surface area (Å²) in [6, 6.07) is 3.06. The molecule has 1 aliphatic rings. The molecule has 0 aliphatic carbocycles. The molecule has 1 unspecified atom stereocenters. The van der Waals surface area contributed by atoms with E-state index >= 15 is 0 Å². The number of amides is 2. The molecular formula is C12H13Br2N3O3. The molecule has 1 aromatic carbocycles. The standard InChI is InChI=1S/C12H13Br2N3O3/c1-20-10-3-8(6(13)2-7(10)14)17-12(19)9-4-16-11(18)5-15-9/h2-3,9,15H,4-5H2,1H3,(H,16,18)(H,17,19). The lowest BCUT2D eigenvalue weighted by molar-refractivity contribution is -0.124. The van der Waals surface area contributed by atoms with Gasteiger partial charge in [0.15, 0.2) is 0 Å². The Morgan fingerprint density at radius 1 is 1.40 bits per heavy atom. The fourth-order valence-corrected chi connectivity index (χ4v) is 3.01. The molecule has 1 heterocycles. The Kier molecular flexibility index (Phi) is 5.00. The summed E-state index contributed by atoms with van der Waals surface area (Å²) in [4.78, 5) is 23.1. The topological polar surface area (TPSA) is 79.5 Å². The van der Waals surface area contributed by atoms with Gasteiger partial charge in [0.25, 0.3) is 0 Å². The third kappa shape index (κ3) is 3.50. The van der Waals surface area contributed by atoms with Gasteiger partial charge in [-0.3, -0.25) is 14.9 Å². The largest absolute Gasteiger partial charge is 0.495 e. The van der Waals surface area contributed by atoms with Crippen LogP contribution in [-0.2, 0) is 9.59 Å². The van der Waals surface area contributed by atoms with Crippen molar-refractivity contribution in [2.24, 2.45) is 0 Å². The van der Waals surface area contributed by atoms with Gasteiger partial charge < -0.3 is 15.4 Å². The second-order valence-corrected chi connectivity index (χ2v) is 5.90. The first-order valence-corrected chi connectivity index (χ1v) is 7.44. The predicted octanol–water partition coefficient (Wildman–Crippen LogP) is 1.25. The maximum atomic E-state index is 12.1. The van der Waals surface area contributed by atoms with Crippen molar-refractivity contribution in [3.05, 3.63) is 21.1 Å². The number of anilines is 1. The number of carbonyl (C=O) groups excluding carboxylic acids is 2. The number of benzene rings is 1. The molecule has 0 aromatic heterocycles. The zero-order chi connectivity index (χ0) is 14.7. The summed E-state index contributed by atoms with van der Waals surface area (Å²) in [7, 11) is 1.55. The number of hydrogen-bond acceptors (Lipinski definition) is 4. The second-order valence-electron chi connectivity index (χ2n) is 4.19. The van der Waals surface area contributed by atoms with Gasteiger partial charge in [-0.2, -0.15) is 0 Å². The Morgan fingerprint density at radius 3 is 2.75 bits per heavy atom. The molecule has 1 atom stereocenters. The minimum Gasteiger partial charge on any atom is -0.495 e. The molecule has 0 radical (unpaired) electrons. The molecule has 0 bridgehead atoms. The van der Waals surface area contributed by atoms with E-state index in [-0.39, 0.29) is 24.9 Å². The molecule has 6 nitrogen and oxygen atoms in total. The van der Waals surface area contributed by atoms with E-state index in [4.69, 9.17) is 4.74 Å². The lowest BCUT2D eigenvalue weighted by Crippen LogP contribution is -2.56. The summed E-state index contributed by atoms with van der Waals surface area (Å²) < 4.78 is 6.71. The van der Waals surface area contributed by atoms with Gasteiger partial charge in [-0.1, -0.05) is 0 Å². The van der Waals surface area contributed by atoms with Crippen LogP contribution in [-0.4, -0.2) is 38.1 Å². The van der Waals surface area contributed by atoms with Crippen LogP contribution in [0.15, 0.2) is 21.1 Å². The smallest absolute Gasteiger partial charge is 0.243 e. The maximum absolute atomic E-state index is 12.1. The quantitative estimate of drug-likeness (QED) is 0.705. The van der Waals surface area contributed by atoms with E-state index in [2.05, 4.69) is 47.8 Å². The van der Waals surface area contributed by atoms with E-state index in [1.807, 2.05) is 0 Å². The van der Waals surface area contributed by atoms with Crippen LogP contribution in [0.1, 0.15) is 0 Å². The van der Waals surface area contributed by atoms with Gasteiger partial charge in [-0.25, -0.2) is 0 Å². The highest BCUT2D eigenvalue weighted by Crippen LogP contribution is 2.34. The molecule has 1 aliphatic heterocycles. The normalized spacial score (nSPS) is 18.4. The average Bonchev–Trinajstić information content (AvgIpc) is 2.42. The first kappa shape index (κ1) is 15.3. The van der Waals surface area contributed by atoms with Gasteiger partial charge in [0.1, 0.15) is 11.8 Å². The minimum atomic E-state index is -0.450. The van der Waals surface area contributed by atoms with Crippen LogP contribution in [0.25, 0.3) is 0 Å². The SMILES string of the molecule is COc1cc(NC(=O)C2CNC(=O)CN2)c(Br)cc1Br. The van der Waals surface area contributed by atoms with Gasteiger partial charge in [0.05, 0.1) is 23.8 Å². The van der Waals surface area contributed by atoms with Crippen LogP contribution in [0.5, 0.6) is 5.75 Å². The molecule has 1 fully saturated rings. The number of rotatable bonds is 3. The van der Waals surface area contributed by atoms with Crippen molar-refractivity contribution in [2.75, 3.05) is 25.5 Å². The van der Waals surface area contributed by atoms with Crippen LogP contribution in [0.4, 0.5) is 5.69 Å². The Labute approximate surface area is 132 Å². The van der Waals surface area contributed by atoms with Crippen molar-refractivity contribution in [1.29, 1.82) is 0 Å². The Balaban J connectivity index is 2.09. The Morgan fingerprint density at radius 2 is 2.15 bits per heavy atom. The molecule has 2 amide bonds. The number of piperazine rings is 1. The molecule has 0 spiro atoms. The molecule has 20 heavy (non-hydrogen) atoms. The molecule has 3 N–H and O–H groups in total.